The van der Waals surface area contributed by atoms with E-state index in [1.165, 1.54) is 64.1 Å². The fourth-order valence-corrected chi connectivity index (χ4v) is 12.1. The van der Waals surface area contributed by atoms with Crippen molar-refractivity contribution in [3.63, 3.8) is 0 Å². The number of hydrogen-bond donors (Lipinski definition) is 6. The van der Waals surface area contributed by atoms with Crippen LogP contribution in [0.3, 0.4) is 0 Å². The number of ether oxygens (including phenoxy) is 4. The second-order valence-corrected chi connectivity index (χ2v) is 22.7. The van der Waals surface area contributed by atoms with Crippen molar-refractivity contribution < 1.29 is 77.3 Å². The Labute approximate surface area is 470 Å². The molecule has 21 nitrogen and oxygen atoms in total. The zero-order valence-electron chi connectivity index (χ0n) is 46.1. The monoisotopic (exact) mass is 1140 g/mol. The van der Waals surface area contributed by atoms with Gasteiger partial charge in [-0.2, -0.15) is 0 Å². The van der Waals surface area contributed by atoms with Crippen molar-refractivity contribution in [1.82, 2.24) is 20.1 Å². The molecule has 2 amide bonds. The van der Waals surface area contributed by atoms with Gasteiger partial charge in [0, 0.05) is 100 Å². The first-order valence-corrected chi connectivity index (χ1v) is 27.2. The molecule has 23 heteroatoms. The molecule has 3 aromatic rings. The first-order valence-electron chi connectivity index (χ1n) is 26.8. The van der Waals surface area contributed by atoms with Gasteiger partial charge in [-0.05, 0) is 45.3 Å². The second kappa shape index (κ2) is 22.2. The molecule has 6 N–H and O–H groups in total. The largest absolute Gasteiger partial charge is 0.507 e. The Morgan fingerprint density at radius 2 is 1.60 bits per heavy atom. The number of phenols is 1. The minimum atomic E-state index is -2.20. The van der Waals surface area contributed by atoms with Crippen LogP contribution in [0.2, 0.25) is 5.02 Å². The maximum absolute atomic E-state index is 16.0. The molecule has 2 saturated heterocycles. The number of carboxylic acid groups (broad SMARTS) is 1. The van der Waals surface area contributed by atoms with E-state index in [4.69, 9.17) is 30.5 Å². The number of carbonyl (C=O) groups excluding carboxylic acids is 6. The number of methoxy groups -OCH3 is 1. The Bertz CT molecular complexity index is 3400. The number of likely N-dealkylation sites (tertiary alicyclic amines) is 1. The number of phenolic OH excluding ortho intramolecular Hbond substituents is 1. The summed E-state index contributed by atoms with van der Waals surface area (Å²) in [6.07, 6.45) is 5.89. The van der Waals surface area contributed by atoms with Gasteiger partial charge in [0.15, 0.2) is 0 Å². The number of nitrogens with zero attached hydrogens (tertiary/aromatic N) is 3. The van der Waals surface area contributed by atoms with Crippen molar-refractivity contribution >= 4 is 69.3 Å². The molecule has 6 heterocycles. The highest BCUT2D eigenvalue weighted by Crippen LogP contribution is 2.50. The number of anilines is 1. The summed E-state index contributed by atoms with van der Waals surface area (Å²) < 4.78 is 41.3. The topological polar surface area (TPSA) is 290 Å². The van der Waals surface area contributed by atoms with Gasteiger partial charge in [-0.25, -0.2) is 9.18 Å². The summed E-state index contributed by atoms with van der Waals surface area (Å²) in [7, 11) is 1.39. The maximum atomic E-state index is 16.0. The number of ketones is 3. The molecule has 10 atom stereocenters. The predicted molar refractivity (Wildman–Crippen MR) is 290 cm³/mol. The lowest BCUT2D eigenvalue weighted by molar-refractivity contribution is -0.160. The Balaban J connectivity index is 1.02. The minimum Gasteiger partial charge on any atom is -0.507 e. The van der Waals surface area contributed by atoms with E-state index < -0.39 is 146 Å². The number of fused-ring (bicyclic) bond motifs is 15. The third kappa shape index (κ3) is 10.4. The molecule has 7 aliphatic rings. The molecule has 81 heavy (non-hydrogen) atoms. The molecule has 10 rings (SSSR count). The number of carboxylic acids is 1. The van der Waals surface area contributed by atoms with E-state index in [0.717, 1.165) is 12.3 Å². The lowest BCUT2D eigenvalue weighted by Crippen LogP contribution is -2.57. The van der Waals surface area contributed by atoms with Gasteiger partial charge < -0.3 is 64.4 Å². The van der Waals surface area contributed by atoms with Gasteiger partial charge in [-0.15, -0.1) is 0 Å². The molecule has 0 radical (unpaired) electrons. The normalized spacial score (nSPS) is 29.8. The van der Waals surface area contributed by atoms with Crippen molar-refractivity contribution in [2.24, 2.45) is 29.6 Å². The highest BCUT2D eigenvalue weighted by Gasteiger charge is 2.54. The lowest BCUT2D eigenvalue weighted by atomic mass is 9.78. The van der Waals surface area contributed by atoms with E-state index in [9.17, 15) is 54.0 Å². The lowest BCUT2D eigenvalue weighted by Gasteiger charge is -2.43. The van der Waals surface area contributed by atoms with Gasteiger partial charge in [0.05, 0.1) is 68.8 Å². The van der Waals surface area contributed by atoms with E-state index in [1.807, 2.05) is 0 Å². The number of aromatic carboxylic acids is 1. The minimum absolute atomic E-state index is 0.00906. The van der Waals surface area contributed by atoms with Gasteiger partial charge in [0.1, 0.15) is 40.4 Å². The van der Waals surface area contributed by atoms with Crippen LogP contribution in [0.25, 0.3) is 10.9 Å². The molecule has 432 valence electrons. The van der Waals surface area contributed by atoms with E-state index in [0.29, 0.717) is 19.3 Å². The number of aromatic hydroxyl groups is 1. The van der Waals surface area contributed by atoms with Crippen molar-refractivity contribution in [2.75, 3.05) is 38.2 Å². The van der Waals surface area contributed by atoms with Gasteiger partial charge in [0.2, 0.25) is 22.9 Å². The zero-order valence-corrected chi connectivity index (χ0v) is 46.9. The van der Waals surface area contributed by atoms with Crippen LogP contribution in [0, 0.1) is 42.3 Å². The first kappa shape index (κ1) is 58.3. The number of hydrogen-bond acceptors (Lipinski definition) is 17. The molecule has 5 aliphatic heterocycles. The number of amides is 2. The molecule has 2 aliphatic carbocycles. The summed E-state index contributed by atoms with van der Waals surface area (Å²) in [5.41, 5.74) is -3.61. The second-order valence-electron chi connectivity index (χ2n) is 22.3. The van der Waals surface area contributed by atoms with Crippen LogP contribution in [0.4, 0.5) is 10.1 Å². The predicted octanol–water partition coefficient (Wildman–Crippen LogP) is 5.43. The van der Waals surface area contributed by atoms with Crippen molar-refractivity contribution in [2.45, 2.75) is 117 Å². The summed E-state index contributed by atoms with van der Waals surface area (Å²) in [5, 5.41) is 49.9. The number of aliphatic hydroxyl groups is 2. The van der Waals surface area contributed by atoms with E-state index in [-0.39, 0.29) is 82.0 Å². The van der Waals surface area contributed by atoms with Gasteiger partial charge >= 0.3 is 17.7 Å². The average molecular weight is 1140 g/mol. The highest BCUT2D eigenvalue weighted by molar-refractivity contribution is 6.38. The molecule has 1 saturated carbocycles. The van der Waals surface area contributed by atoms with E-state index in [1.54, 1.807) is 43.2 Å². The number of Topliss-reactive ketones (excluding diaryl/α,β-unsaturated/α-hetero) is 3. The summed E-state index contributed by atoms with van der Waals surface area (Å²) in [4.78, 5) is 114. The number of carbonyl (C=O) groups is 7. The number of pyridine rings is 1. The average Bonchev–Trinajstić information content (AvgIpc) is 4.35. The molecule has 1 aromatic heterocycles. The fraction of sp³-hybridized carbons (Fsp3) is 0.483. The molecular weight excluding hydrogens is 1080 g/mol. The van der Waals surface area contributed by atoms with Crippen molar-refractivity contribution in [3.8, 4) is 11.5 Å². The maximum Gasteiger partial charge on any atom is 0.341 e. The Kier molecular flexibility index (Phi) is 15.9. The van der Waals surface area contributed by atoms with Crippen LogP contribution in [0.15, 0.2) is 64.6 Å². The van der Waals surface area contributed by atoms with Crippen LogP contribution >= 0.6 is 11.6 Å². The van der Waals surface area contributed by atoms with Crippen molar-refractivity contribution in [1.29, 1.82) is 0 Å². The molecule has 2 aromatic carbocycles. The Morgan fingerprint density at radius 1 is 0.914 bits per heavy atom. The van der Waals surface area contributed by atoms with Crippen LogP contribution in [0.1, 0.15) is 121 Å². The number of nitrogens with one attached hydrogen (secondary N) is 2. The zero-order chi connectivity index (χ0) is 59.0. The summed E-state index contributed by atoms with van der Waals surface area (Å²) in [6, 6.07) is 0.336. The SMILES string of the molecule is CO[C@H]1/C=C/O[C@@]2(C)Oc3c(C)c(O)c4c(c3C2=O)C(=O)C(N2CC(C(=O)NC3CCN(c5c(F)cc6c(=O)c(C(=O)O)cn(C7CC7)c6c5Cl)C3)C2)=C(NC(=O)/C(C)=C\C=C\[C@H](C)[C@H](O)[C@@H](C)[C@@H](O)[C@@H](C)[C@H](OC(C)=O)[C@@H]1C)C4=O. The smallest absolute Gasteiger partial charge is 0.341 e. The Hall–Kier alpha value is -7.40. The van der Waals surface area contributed by atoms with Crippen LogP contribution in [0.5, 0.6) is 11.5 Å². The fourth-order valence-electron chi connectivity index (χ4n) is 11.7. The number of aliphatic hydroxyl groups excluding tert-OH is 2. The number of esters is 1. The summed E-state index contributed by atoms with van der Waals surface area (Å²) in [5.74, 6) is -13.9. The number of aromatic nitrogens is 1. The third-order valence-electron chi connectivity index (χ3n) is 16.7. The number of benzene rings is 2. The standard InChI is InChI=1S/C58H65ClFN5O16/c1-24-11-10-12-25(2)55(74)62-42-45(64-20-31(21-64)56(75)61-32-15-17-63(22-32)44-36(60)19-34-43(41(44)59)65(33-13-14-33)23-35(49(34)70)57(76)77)51(72)38-39(50(42)71)48(69)29(6)53-40(38)54(73)58(8,81-53)79-18-16-37(78-9)26(3)52(80-30(7)66)28(5)47(68)27(4)46(24)67/h10-12,16,18-19,23-24,26-28,31-33,37,46-47,52,67-69H,13-15,17,20-22H2,1-9H3,(H,61,75)(H,62,74)(H,76,77)/b11-10+,18-16+,25-12-/t24-,26+,27+,28+,32?,37-,46-,47+,52+,58-/m0/s1. The van der Waals surface area contributed by atoms with Crippen LogP contribution in [-0.2, 0) is 28.6 Å². The molecule has 1 unspecified atom stereocenters. The number of halogens is 2. The van der Waals surface area contributed by atoms with Gasteiger partial charge in [0.25, 0.3) is 11.7 Å². The summed E-state index contributed by atoms with van der Waals surface area (Å²) in [6.45, 7) is 12.1. The number of allylic oxidation sites excluding steroid dienone is 4. The molecule has 3 fully saturated rings. The van der Waals surface area contributed by atoms with Gasteiger partial charge in [-0.1, -0.05) is 57.5 Å². The van der Waals surface area contributed by atoms with E-state index >= 15 is 9.18 Å². The Morgan fingerprint density at radius 3 is 2.25 bits per heavy atom. The highest BCUT2D eigenvalue weighted by atomic mass is 35.5. The molecular formula is C58H65ClFN5O16. The number of rotatable bonds is 8. The molecule has 0 spiro atoms. The quantitative estimate of drug-likeness (QED) is 0.153. The van der Waals surface area contributed by atoms with Gasteiger partial charge in [-0.3, -0.25) is 33.6 Å². The van der Waals surface area contributed by atoms with E-state index in [2.05, 4.69) is 10.6 Å². The molecule has 5 bridgehead atoms. The summed E-state index contributed by atoms with van der Waals surface area (Å²) >= 11 is 6.90. The van der Waals surface area contributed by atoms with Crippen LogP contribution < -0.4 is 25.7 Å². The van der Waals surface area contributed by atoms with Crippen LogP contribution in [-0.4, -0.2) is 141 Å². The third-order valence-corrected chi connectivity index (χ3v) is 17.1. The van der Waals surface area contributed by atoms with Crippen molar-refractivity contribution in [3.05, 3.63) is 109 Å². The first-order chi connectivity index (χ1) is 38.2.